The number of carbonyl (C=O) groups is 1. The minimum atomic E-state index is -0.0854. The summed E-state index contributed by atoms with van der Waals surface area (Å²) in [6, 6.07) is 13.4. The van der Waals surface area contributed by atoms with Crippen molar-refractivity contribution >= 4 is 27.9 Å². The normalized spacial score (nSPS) is 15.3. The summed E-state index contributed by atoms with van der Waals surface area (Å²) in [6.45, 7) is 5.36. The molecule has 1 aliphatic rings. The Balaban J connectivity index is 1.63. The topological polar surface area (TPSA) is 63.2 Å². The first-order valence-corrected chi connectivity index (χ1v) is 11.3. The fourth-order valence-electron chi connectivity index (χ4n) is 3.83. The Morgan fingerprint density at radius 1 is 1.23 bits per heavy atom. The summed E-state index contributed by atoms with van der Waals surface area (Å²) in [4.78, 5) is 19.1. The highest BCUT2D eigenvalue weighted by atomic mass is 32.1. The van der Waals surface area contributed by atoms with Crippen LogP contribution in [0.5, 0.6) is 5.75 Å². The summed E-state index contributed by atoms with van der Waals surface area (Å²) in [5.74, 6) is 1.25. The fraction of sp³-hybridized carbons (Fsp3) is 0.333. The van der Waals surface area contributed by atoms with Crippen LogP contribution < -0.4 is 15.4 Å². The third-order valence-electron chi connectivity index (χ3n) is 5.33. The van der Waals surface area contributed by atoms with Crippen molar-refractivity contribution in [2.24, 2.45) is 5.92 Å². The lowest BCUT2D eigenvalue weighted by Gasteiger charge is -2.19. The molecule has 30 heavy (non-hydrogen) atoms. The van der Waals surface area contributed by atoms with Crippen molar-refractivity contribution in [2.45, 2.75) is 39.7 Å². The predicted octanol–water partition coefficient (Wildman–Crippen LogP) is 5.53. The lowest BCUT2D eigenvalue weighted by Crippen LogP contribution is -2.18. The number of fused-ring (bicyclic) bond motifs is 1. The second-order valence-electron chi connectivity index (χ2n) is 7.61. The van der Waals surface area contributed by atoms with Crippen LogP contribution in [-0.4, -0.2) is 17.5 Å². The molecule has 0 saturated heterocycles. The Morgan fingerprint density at radius 2 is 2.07 bits per heavy atom. The van der Waals surface area contributed by atoms with E-state index in [9.17, 15) is 4.79 Å². The molecule has 6 heteroatoms. The molecule has 0 spiro atoms. The maximum atomic E-state index is 13.4. The van der Waals surface area contributed by atoms with Gasteiger partial charge in [-0.2, -0.15) is 0 Å². The van der Waals surface area contributed by atoms with Crippen molar-refractivity contribution in [2.75, 3.05) is 17.2 Å². The van der Waals surface area contributed by atoms with Crippen LogP contribution in [-0.2, 0) is 19.4 Å². The second kappa shape index (κ2) is 9.30. The van der Waals surface area contributed by atoms with E-state index in [1.165, 1.54) is 10.4 Å². The molecule has 1 amide bonds. The van der Waals surface area contributed by atoms with E-state index in [0.29, 0.717) is 30.5 Å². The lowest BCUT2D eigenvalue weighted by atomic mass is 9.88. The van der Waals surface area contributed by atoms with E-state index in [1.54, 1.807) is 17.5 Å². The molecule has 1 aromatic carbocycles. The average molecular weight is 422 g/mol. The van der Waals surface area contributed by atoms with E-state index in [-0.39, 0.29) is 5.91 Å². The van der Waals surface area contributed by atoms with Gasteiger partial charge in [0.15, 0.2) is 0 Å². The highest BCUT2D eigenvalue weighted by molar-refractivity contribution is 7.16. The summed E-state index contributed by atoms with van der Waals surface area (Å²) in [7, 11) is 0. The number of hydrogen-bond donors (Lipinski definition) is 2. The number of nitrogens with one attached hydrogen (secondary N) is 2. The number of benzene rings is 1. The summed E-state index contributed by atoms with van der Waals surface area (Å²) in [6.07, 6.45) is 4.87. The number of aromatic nitrogens is 1. The monoisotopic (exact) mass is 421 g/mol. The van der Waals surface area contributed by atoms with Gasteiger partial charge in [0.1, 0.15) is 10.8 Å². The van der Waals surface area contributed by atoms with Crippen LogP contribution in [0.2, 0.25) is 0 Å². The standard InChI is InChI=1S/C24H27N3O2S/c1-3-29-20-10-5-4-9-19(20)27-23(28)22-18-12-11-16(2)14-21(18)30-24(22)26-15-17-8-6-7-13-25-17/h4-10,13,16,26H,3,11-12,14-15H2,1-2H3,(H,27,28)/t16-/m1/s1. The SMILES string of the molecule is CCOc1ccccc1NC(=O)c1c(NCc2ccccn2)sc2c1CC[C@@H](C)C2. The molecule has 156 valence electrons. The van der Waals surface area contributed by atoms with E-state index >= 15 is 0 Å². The quantitative estimate of drug-likeness (QED) is 0.526. The molecule has 1 aliphatic carbocycles. The van der Waals surface area contributed by atoms with Gasteiger partial charge in [0, 0.05) is 11.1 Å². The van der Waals surface area contributed by atoms with Gasteiger partial charge in [0.2, 0.25) is 0 Å². The molecule has 0 unspecified atom stereocenters. The Morgan fingerprint density at radius 3 is 2.87 bits per heavy atom. The van der Waals surface area contributed by atoms with E-state index < -0.39 is 0 Å². The van der Waals surface area contributed by atoms with Crippen molar-refractivity contribution in [3.63, 3.8) is 0 Å². The summed E-state index contributed by atoms with van der Waals surface area (Å²) >= 11 is 1.71. The number of nitrogens with zero attached hydrogens (tertiary/aromatic N) is 1. The van der Waals surface area contributed by atoms with Crippen LogP contribution in [0.3, 0.4) is 0 Å². The van der Waals surface area contributed by atoms with Gasteiger partial charge in [-0.05, 0) is 61.9 Å². The van der Waals surface area contributed by atoms with E-state index in [4.69, 9.17) is 4.74 Å². The minimum absolute atomic E-state index is 0.0854. The molecule has 3 aromatic rings. The number of hydrogen-bond acceptors (Lipinski definition) is 5. The first-order chi connectivity index (χ1) is 14.7. The predicted molar refractivity (Wildman–Crippen MR) is 123 cm³/mol. The largest absolute Gasteiger partial charge is 0.492 e. The van der Waals surface area contributed by atoms with Gasteiger partial charge in [-0.3, -0.25) is 9.78 Å². The summed E-state index contributed by atoms with van der Waals surface area (Å²) < 4.78 is 5.68. The molecular formula is C24H27N3O2S. The van der Waals surface area contributed by atoms with Crippen molar-refractivity contribution in [1.82, 2.24) is 4.98 Å². The molecule has 5 nitrogen and oxygen atoms in total. The molecule has 0 bridgehead atoms. The summed E-state index contributed by atoms with van der Waals surface area (Å²) in [5, 5.41) is 7.48. The molecule has 0 fully saturated rings. The van der Waals surface area contributed by atoms with Crippen molar-refractivity contribution in [3.8, 4) is 5.75 Å². The van der Waals surface area contributed by atoms with Crippen molar-refractivity contribution < 1.29 is 9.53 Å². The van der Waals surface area contributed by atoms with Gasteiger partial charge in [-0.1, -0.05) is 25.1 Å². The zero-order valence-corrected chi connectivity index (χ0v) is 18.2. The number of amides is 1. The molecule has 4 rings (SSSR count). The van der Waals surface area contributed by atoms with E-state index in [2.05, 4.69) is 22.5 Å². The average Bonchev–Trinajstić information content (AvgIpc) is 3.12. The number of pyridine rings is 1. The smallest absolute Gasteiger partial charge is 0.259 e. The maximum absolute atomic E-state index is 13.4. The Labute approximate surface area is 181 Å². The Bertz CT molecular complexity index is 1020. The molecule has 2 N–H and O–H groups in total. The highest BCUT2D eigenvalue weighted by Crippen LogP contribution is 2.40. The molecule has 1 atom stereocenters. The number of ether oxygens (including phenoxy) is 1. The third-order valence-corrected chi connectivity index (χ3v) is 6.54. The maximum Gasteiger partial charge on any atom is 0.259 e. The first-order valence-electron chi connectivity index (χ1n) is 10.5. The lowest BCUT2D eigenvalue weighted by molar-refractivity contribution is 0.102. The van der Waals surface area contributed by atoms with E-state index in [0.717, 1.165) is 35.5 Å². The number of rotatable bonds is 7. The van der Waals surface area contributed by atoms with Gasteiger partial charge in [-0.25, -0.2) is 0 Å². The minimum Gasteiger partial charge on any atom is -0.492 e. The Hall–Kier alpha value is -2.86. The van der Waals surface area contributed by atoms with Crippen molar-refractivity contribution in [3.05, 3.63) is 70.4 Å². The van der Waals surface area contributed by atoms with Gasteiger partial charge >= 0.3 is 0 Å². The third kappa shape index (κ3) is 4.49. The number of carbonyl (C=O) groups excluding carboxylic acids is 1. The van der Waals surface area contributed by atoms with Crippen LogP contribution in [0, 0.1) is 5.92 Å². The number of thiophene rings is 1. The molecule has 2 aromatic heterocycles. The highest BCUT2D eigenvalue weighted by Gasteiger charge is 2.28. The van der Waals surface area contributed by atoms with Crippen LogP contribution in [0.25, 0.3) is 0 Å². The van der Waals surface area contributed by atoms with Crippen LogP contribution in [0.1, 0.15) is 46.8 Å². The van der Waals surface area contributed by atoms with Crippen LogP contribution in [0.15, 0.2) is 48.7 Å². The van der Waals surface area contributed by atoms with Gasteiger partial charge in [0.05, 0.1) is 30.1 Å². The van der Waals surface area contributed by atoms with Crippen LogP contribution >= 0.6 is 11.3 Å². The van der Waals surface area contributed by atoms with E-state index in [1.807, 2.05) is 49.4 Å². The van der Waals surface area contributed by atoms with Gasteiger partial charge < -0.3 is 15.4 Å². The zero-order chi connectivity index (χ0) is 20.9. The van der Waals surface area contributed by atoms with Gasteiger partial charge in [0.25, 0.3) is 5.91 Å². The Kier molecular flexibility index (Phi) is 6.33. The molecule has 0 aliphatic heterocycles. The number of anilines is 2. The summed E-state index contributed by atoms with van der Waals surface area (Å²) in [5.41, 5.74) is 3.60. The zero-order valence-electron chi connectivity index (χ0n) is 17.4. The first kappa shape index (κ1) is 20.4. The molecule has 0 saturated carbocycles. The van der Waals surface area contributed by atoms with Crippen molar-refractivity contribution in [1.29, 1.82) is 0 Å². The number of para-hydroxylation sites is 2. The molecule has 2 heterocycles. The molecule has 0 radical (unpaired) electrons. The second-order valence-corrected chi connectivity index (χ2v) is 8.72. The van der Waals surface area contributed by atoms with Crippen LogP contribution in [0.4, 0.5) is 10.7 Å². The molecular weight excluding hydrogens is 394 g/mol. The fourth-order valence-corrected chi connectivity index (χ4v) is 5.23. The van der Waals surface area contributed by atoms with Gasteiger partial charge in [-0.15, -0.1) is 11.3 Å².